The van der Waals surface area contributed by atoms with Crippen molar-refractivity contribution in [3.8, 4) is 11.5 Å². The highest BCUT2D eigenvalue weighted by Crippen LogP contribution is 2.17. The highest BCUT2D eigenvalue weighted by molar-refractivity contribution is 7.98. The van der Waals surface area contributed by atoms with E-state index in [1.807, 2.05) is 6.26 Å². The molecule has 0 radical (unpaired) electrons. The Bertz CT molecular complexity index is 461. The van der Waals surface area contributed by atoms with Gasteiger partial charge in [0.05, 0.1) is 12.2 Å². The molecule has 2 N–H and O–H groups in total. The van der Waals surface area contributed by atoms with Crippen LogP contribution in [0.1, 0.15) is 18.4 Å². The third-order valence-electron chi connectivity index (χ3n) is 2.18. The van der Waals surface area contributed by atoms with Gasteiger partial charge in [-0.05, 0) is 18.4 Å². The zero-order valence-electron chi connectivity index (χ0n) is 9.41. The number of hydrogen-bond donors (Lipinski definition) is 1. The van der Waals surface area contributed by atoms with Gasteiger partial charge in [-0.3, -0.25) is 4.98 Å². The molecule has 90 valence electrons. The molecule has 0 aromatic carbocycles. The summed E-state index contributed by atoms with van der Waals surface area (Å²) < 4.78 is 5.11. The van der Waals surface area contributed by atoms with Gasteiger partial charge >= 0.3 is 0 Å². The third kappa shape index (κ3) is 3.01. The molecular weight excluding hydrogens is 238 g/mol. The summed E-state index contributed by atoms with van der Waals surface area (Å²) in [5.74, 6) is 1.83. The predicted octanol–water partition coefficient (Wildman–Crippen LogP) is 1.28. The van der Waals surface area contributed by atoms with Gasteiger partial charge in [-0.1, -0.05) is 5.16 Å². The van der Waals surface area contributed by atoms with Crippen molar-refractivity contribution in [2.24, 2.45) is 5.73 Å². The Morgan fingerprint density at radius 2 is 2.35 bits per heavy atom. The van der Waals surface area contributed by atoms with Gasteiger partial charge in [-0.15, -0.1) is 0 Å². The lowest BCUT2D eigenvalue weighted by Gasteiger charge is -2.03. The number of aromatic nitrogens is 4. The molecule has 7 heteroatoms. The van der Waals surface area contributed by atoms with Crippen LogP contribution in [0.15, 0.2) is 23.1 Å². The zero-order chi connectivity index (χ0) is 12.1. The van der Waals surface area contributed by atoms with Gasteiger partial charge in [0.1, 0.15) is 5.69 Å². The fourth-order valence-electron chi connectivity index (χ4n) is 1.27. The second-order valence-corrected chi connectivity index (χ2v) is 4.42. The average molecular weight is 251 g/mol. The molecule has 0 saturated carbocycles. The molecule has 1 atom stereocenters. The number of nitrogens with two attached hydrogens (primary N) is 1. The standard InChI is InChI=1S/C10H13N5OS/c1-17-5-2-7(11)10-14-9(15-16-10)8-6-12-3-4-13-8/h3-4,6-7H,2,5,11H2,1H3/t7-/m0/s1. The number of hydrogen-bond acceptors (Lipinski definition) is 7. The summed E-state index contributed by atoms with van der Waals surface area (Å²) in [4.78, 5) is 12.3. The largest absolute Gasteiger partial charge is 0.337 e. The third-order valence-corrected chi connectivity index (χ3v) is 2.83. The number of rotatable bonds is 5. The predicted molar refractivity (Wildman–Crippen MR) is 65.3 cm³/mol. The molecule has 2 rings (SSSR count). The van der Waals surface area contributed by atoms with Crippen LogP contribution in [0.3, 0.4) is 0 Å². The highest BCUT2D eigenvalue weighted by atomic mass is 32.2. The van der Waals surface area contributed by atoms with Gasteiger partial charge in [0.25, 0.3) is 0 Å². The van der Waals surface area contributed by atoms with E-state index in [-0.39, 0.29) is 6.04 Å². The zero-order valence-corrected chi connectivity index (χ0v) is 10.2. The number of nitrogens with zero attached hydrogens (tertiary/aromatic N) is 4. The first-order valence-corrected chi connectivity index (χ1v) is 6.55. The smallest absolute Gasteiger partial charge is 0.243 e. The second kappa shape index (κ2) is 5.74. The Hall–Kier alpha value is -1.47. The summed E-state index contributed by atoms with van der Waals surface area (Å²) in [6.45, 7) is 0. The van der Waals surface area contributed by atoms with Crippen molar-refractivity contribution in [3.05, 3.63) is 24.5 Å². The molecule has 0 saturated heterocycles. The van der Waals surface area contributed by atoms with Crippen molar-refractivity contribution in [3.63, 3.8) is 0 Å². The molecule has 0 fully saturated rings. The van der Waals surface area contributed by atoms with Crippen LogP contribution < -0.4 is 5.73 Å². The molecular formula is C10H13N5OS. The molecule has 17 heavy (non-hydrogen) atoms. The first-order chi connectivity index (χ1) is 8.31. The SMILES string of the molecule is CSCC[C@H](N)c1nc(-c2cnccn2)no1. The lowest BCUT2D eigenvalue weighted by Crippen LogP contribution is -2.11. The van der Waals surface area contributed by atoms with E-state index in [1.165, 1.54) is 0 Å². The van der Waals surface area contributed by atoms with Crippen molar-refractivity contribution in [2.75, 3.05) is 12.0 Å². The monoisotopic (exact) mass is 251 g/mol. The van der Waals surface area contributed by atoms with Gasteiger partial charge in [-0.25, -0.2) is 4.98 Å². The molecule has 0 amide bonds. The molecule has 2 aromatic rings. The van der Waals surface area contributed by atoms with Crippen LogP contribution >= 0.6 is 11.8 Å². The highest BCUT2D eigenvalue weighted by Gasteiger charge is 2.15. The maximum atomic E-state index is 5.93. The maximum absolute atomic E-state index is 5.93. The Kier molecular flexibility index (Phi) is 4.05. The summed E-state index contributed by atoms with van der Waals surface area (Å²) in [6, 6.07) is -0.222. The summed E-state index contributed by atoms with van der Waals surface area (Å²) in [5, 5.41) is 3.84. The fourth-order valence-corrected chi connectivity index (χ4v) is 1.76. The Morgan fingerprint density at radius 3 is 3.06 bits per heavy atom. The van der Waals surface area contributed by atoms with Gasteiger partial charge < -0.3 is 10.3 Å². The van der Waals surface area contributed by atoms with E-state index in [2.05, 4.69) is 20.1 Å². The van der Waals surface area contributed by atoms with Crippen LogP contribution in [-0.2, 0) is 0 Å². The quantitative estimate of drug-likeness (QED) is 0.855. The normalized spacial score (nSPS) is 12.6. The minimum absolute atomic E-state index is 0.222. The second-order valence-electron chi connectivity index (χ2n) is 3.43. The van der Waals surface area contributed by atoms with E-state index >= 15 is 0 Å². The first kappa shape index (κ1) is 12.0. The van der Waals surface area contributed by atoms with E-state index < -0.39 is 0 Å². The summed E-state index contributed by atoms with van der Waals surface area (Å²) in [5.41, 5.74) is 6.51. The molecule has 0 aliphatic carbocycles. The Balaban J connectivity index is 2.11. The molecule has 2 heterocycles. The van der Waals surface area contributed by atoms with Gasteiger partial charge in [-0.2, -0.15) is 16.7 Å². The van der Waals surface area contributed by atoms with E-state index in [1.54, 1.807) is 30.4 Å². The Labute approximate surface area is 103 Å². The molecule has 0 bridgehead atoms. The van der Waals surface area contributed by atoms with E-state index in [0.29, 0.717) is 17.4 Å². The fraction of sp³-hybridized carbons (Fsp3) is 0.400. The maximum Gasteiger partial charge on any atom is 0.243 e. The van der Waals surface area contributed by atoms with Crippen molar-refractivity contribution >= 4 is 11.8 Å². The molecule has 2 aromatic heterocycles. The van der Waals surface area contributed by atoms with Crippen LogP contribution in [-0.4, -0.2) is 32.1 Å². The van der Waals surface area contributed by atoms with Crippen molar-refractivity contribution in [2.45, 2.75) is 12.5 Å². The van der Waals surface area contributed by atoms with E-state index in [0.717, 1.165) is 12.2 Å². The Morgan fingerprint density at radius 1 is 1.47 bits per heavy atom. The minimum Gasteiger partial charge on any atom is -0.337 e. The van der Waals surface area contributed by atoms with Crippen LogP contribution in [0.2, 0.25) is 0 Å². The average Bonchev–Trinajstić information content (AvgIpc) is 2.86. The minimum atomic E-state index is -0.222. The molecule has 0 unspecified atom stereocenters. The van der Waals surface area contributed by atoms with Crippen molar-refractivity contribution in [1.29, 1.82) is 0 Å². The summed E-state index contributed by atoms with van der Waals surface area (Å²) in [7, 11) is 0. The first-order valence-electron chi connectivity index (χ1n) is 5.15. The van der Waals surface area contributed by atoms with Gasteiger partial charge in [0.15, 0.2) is 0 Å². The summed E-state index contributed by atoms with van der Waals surface area (Å²) in [6.07, 6.45) is 7.60. The van der Waals surface area contributed by atoms with Crippen molar-refractivity contribution < 1.29 is 4.52 Å². The topological polar surface area (TPSA) is 90.7 Å². The lowest BCUT2D eigenvalue weighted by atomic mass is 10.2. The summed E-state index contributed by atoms with van der Waals surface area (Å²) >= 11 is 1.74. The van der Waals surface area contributed by atoms with E-state index in [4.69, 9.17) is 10.3 Å². The molecule has 0 spiro atoms. The van der Waals surface area contributed by atoms with Crippen molar-refractivity contribution in [1.82, 2.24) is 20.1 Å². The van der Waals surface area contributed by atoms with Crippen LogP contribution in [0.4, 0.5) is 0 Å². The van der Waals surface area contributed by atoms with Gasteiger partial charge in [0, 0.05) is 12.4 Å². The molecule has 6 nitrogen and oxygen atoms in total. The molecule has 0 aliphatic rings. The number of thioether (sulfide) groups is 1. The molecule has 0 aliphatic heterocycles. The van der Waals surface area contributed by atoms with Crippen LogP contribution in [0.25, 0.3) is 11.5 Å². The lowest BCUT2D eigenvalue weighted by molar-refractivity contribution is 0.353. The van der Waals surface area contributed by atoms with E-state index in [9.17, 15) is 0 Å². The van der Waals surface area contributed by atoms with Crippen LogP contribution in [0.5, 0.6) is 0 Å². The van der Waals surface area contributed by atoms with Crippen LogP contribution in [0, 0.1) is 0 Å². The van der Waals surface area contributed by atoms with Gasteiger partial charge in [0.2, 0.25) is 11.7 Å².